The van der Waals surface area contributed by atoms with E-state index in [0.717, 1.165) is 38.0 Å². The molecule has 2 aromatic carbocycles. The molecule has 1 atom stereocenters. The topological polar surface area (TPSA) is 61.4 Å². The van der Waals surface area contributed by atoms with E-state index in [0.29, 0.717) is 28.6 Å². The molecule has 5 nitrogen and oxygen atoms in total. The van der Waals surface area contributed by atoms with Crippen LogP contribution in [0.2, 0.25) is 5.02 Å². The molecule has 0 radical (unpaired) electrons. The molecule has 0 aromatic heterocycles. The minimum Gasteiger partial charge on any atom is -0.371 e. The second-order valence-electron chi connectivity index (χ2n) is 7.99. The average Bonchev–Trinajstić information content (AvgIpc) is 2.77. The number of carbonyl (C=O) groups is 2. The zero-order valence-electron chi connectivity index (χ0n) is 17.7. The summed E-state index contributed by atoms with van der Waals surface area (Å²) in [4.78, 5) is 27.4. The van der Waals surface area contributed by atoms with E-state index in [1.807, 2.05) is 24.3 Å². The lowest BCUT2D eigenvalue weighted by atomic mass is 10.0. The highest BCUT2D eigenvalue weighted by molar-refractivity contribution is 6.30. The van der Waals surface area contributed by atoms with Crippen LogP contribution in [-0.4, -0.2) is 37.5 Å². The number of hydrogen-bond donors (Lipinski definition) is 2. The third kappa shape index (κ3) is 5.76. The average molecular weight is 428 g/mol. The molecule has 0 saturated carbocycles. The minimum absolute atomic E-state index is 0.0257. The number of amides is 2. The van der Waals surface area contributed by atoms with Crippen LogP contribution in [0.5, 0.6) is 0 Å². The number of piperidine rings is 1. The van der Waals surface area contributed by atoms with Crippen LogP contribution in [0.4, 0.5) is 5.69 Å². The van der Waals surface area contributed by atoms with Crippen molar-refractivity contribution in [2.75, 3.05) is 24.5 Å². The summed E-state index contributed by atoms with van der Waals surface area (Å²) >= 11 is 5.99. The molecule has 2 N–H and O–H groups in total. The Bertz CT molecular complexity index is 878. The fraction of sp³-hybridized carbons (Fsp3) is 0.417. The highest BCUT2D eigenvalue weighted by Crippen LogP contribution is 2.24. The molecule has 1 saturated heterocycles. The number of nitrogens with one attached hydrogen (secondary N) is 2. The van der Waals surface area contributed by atoms with Gasteiger partial charge >= 0.3 is 0 Å². The van der Waals surface area contributed by atoms with Gasteiger partial charge in [-0.2, -0.15) is 0 Å². The van der Waals surface area contributed by atoms with Gasteiger partial charge in [-0.15, -0.1) is 0 Å². The van der Waals surface area contributed by atoms with Crippen molar-refractivity contribution in [1.82, 2.24) is 10.6 Å². The van der Waals surface area contributed by atoms with Gasteiger partial charge < -0.3 is 15.5 Å². The van der Waals surface area contributed by atoms with Crippen LogP contribution in [0.1, 0.15) is 53.8 Å². The fourth-order valence-electron chi connectivity index (χ4n) is 3.61. The first-order valence-corrected chi connectivity index (χ1v) is 11.0. The summed E-state index contributed by atoms with van der Waals surface area (Å²) in [5.41, 5.74) is 2.24. The molecule has 30 heavy (non-hydrogen) atoms. The van der Waals surface area contributed by atoms with Gasteiger partial charge in [0.05, 0.1) is 5.56 Å². The van der Waals surface area contributed by atoms with Gasteiger partial charge in [0.15, 0.2) is 0 Å². The van der Waals surface area contributed by atoms with Crippen molar-refractivity contribution in [3.63, 3.8) is 0 Å². The van der Waals surface area contributed by atoms with E-state index < -0.39 is 0 Å². The lowest BCUT2D eigenvalue weighted by Gasteiger charge is -2.35. The third-order valence-corrected chi connectivity index (χ3v) is 5.95. The SMILES string of the molecule is CC[C@H](C)CNC(=O)c1ccccc1N1CCC(NC(=O)c2cccc(Cl)c2)CC1. The summed E-state index contributed by atoms with van der Waals surface area (Å²) in [7, 11) is 0. The maximum absolute atomic E-state index is 12.7. The molecular formula is C24H30ClN3O2. The standard InChI is InChI=1S/C24H30ClN3O2/c1-3-17(2)16-26-24(30)21-9-4-5-10-22(21)28-13-11-20(12-14-28)27-23(29)18-7-6-8-19(25)15-18/h4-10,15,17,20H,3,11-14,16H2,1-2H3,(H,26,30)(H,27,29)/t17-/m0/s1. The molecule has 0 bridgehead atoms. The lowest BCUT2D eigenvalue weighted by molar-refractivity contribution is 0.0929. The van der Waals surface area contributed by atoms with Gasteiger partial charge in [0.25, 0.3) is 11.8 Å². The Hall–Kier alpha value is -2.53. The highest BCUT2D eigenvalue weighted by Gasteiger charge is 2.24. The van der Waals surface area contributed by atoms with Gasteiger partial charge in [0.1, 0.15) is 0 Å². The van der Waals surface area contributed by atoms with E-state index >= 15 is 0 Å². The number of nitrogens with zero attached hydrogens (tertiary/aromatic N) is 1. The molecule has 6 heteroatoms. The molecule has 1 aliphatic rings. The molecule has 1 heterocycles. The van der Waals surface area contributed by atoms with Crippen LogP contribution in [0.25, 0.3) is 0 Å². The predicted octanol–water partition coefficient (Wildman–Crippen LogP) is 4.51. The first-order valence-electron chi connectivity index (χ1n) is 10.7. The maximum atomic E-state index is 12.7. The van der Waals surface area contributed by atoms with Crippen molar-refractivity contribution in [3.05, 3.63) is 64.7 Å². The van der Waals surface area contributed by atoms with Gasteiger partial charge in [0, 0.05) is 41.9 Å². The van der Waals surface area contributed by atoms with Gasteiger partial charge in [-0.25, -0.2) is 0 Å². The number of halogens is 1. The van der Waals surface area contributed by atoms with Crippen LogP contribution in [0.3, 0.4) is 0 Å². The van der Waals surface area contributed by atoms with Gasteiger partial charge in [-0.05, 0) is 49.1 Å². The Morgan fingerprint density at radius 1 is 1.10 bits per heavy atom. The summed E-state index contributed by atoms with van der Waals surface area (Å²) in [6.07, 6.45) is 2.70. The Morgan fingerprint density at radius 2 is 1.83 bits per heavy atom. The van der Waals surface area contributed by atoms with E-state index in [1.165, 1.54) is 0 Å². The number of anilines is 1. The van der Waals surface area contributed by atoms with Crippen molar-refractivity contribution in [1.29, 1.82) is 0 Å². The van der Waals surface area contributed by atoms with Crippen LogP contribution in [0, 0.1) is 5.92 Å². The van der Waals surface area contributed by atoms with E-state index in [1.54, 1.807) is 24.3 Å². The molecule has 1 aliphatic heterocycles. The predicted molar refractivity (Wildman–Crippen MR) is 122 cm³/mol. The summed E-state index contributed by atoms with van der Waals surface area (Å²) in [5.74, 6) is 0.336. The zero-order chi connectivity index (χ0) is 21.5. The fourth-order valence-corrected chi connectivity index (χ4v) is 3.80. The number of carbonyl (C=O) groups excluding carboxylic acids is 2. The zero-order valence-corrected chi connectivity index (χ0v) is 18.4. The van der Waals surface area contributed by atoms with Crippen LogP contribution < -0.4 is 15.5 Å². The Labute approximate surface area is 183 Å². The molecule has 3 rings (SSSR count). The normalized spacial score (nSPS) is 15.5. The largest absolute Gasteiger partial charge is 0.371 e. The first-order chi connectivity index (χ1) is 14.5. The summed E-state index contributed by atoms with van der Waals surface area (Å²) < 4.78 is 0. The van der Waals surface area contributed by atoms with E-state index in [2.05, 4.69) is 29.4 Å². The molecule has 0 aliphatic carbocycles. The lowest BCUT2D eigenvalue weighted by Crippen LogP contribution is -2.45. The van der Waals surface area contributed by atoms with Gasteiger partial charge in [-0.3, -0.25) is 9.59 Å². The monoisotopic (exact) mass is 427 g/mol. The van der Waals surface area contributed by atoms with Gasteiger partial charge in [-0.1, -0.05) is 50.1 Å². The van der Waals surface area contributed by atoms with Crippen molar-refractivity contribution < 1.29 is 9.59 Å². The van der Waals surface area contributed by atoms with E-state index in [-0.39, 0.29) is 17.9 Å². The van der Waals surface area contributed by atoms with E-state index in [4.69, 9.17) is 11.6 Å². The van der Waals surface area contributed by atoms with Crippen LogP contribution in [0.15, 0.2) is 48.5 Å². The maximum Gasteiger partial charge on any atom is 0.253 e. The molecule has 160 valence electrons. The molecule has 1 fully saturated rings. The smallest absolute Gasteiger partial charge is 0.253 e. The first kappa shape index (κ1) is 22.2. The van der Waals surface area contributed by atoms with Crippen LogP contribution in [-0.2, 0) is 0 Å². The Kier molecular flexibility index (Phi) is 7.75. The molecule has 2 aromatic rings. The summed E-state index contributed by atoms with van der Waals surface area (Å²) in [6, 6.07) is 14.9. The number of para-hydroxylation sites is 1. The van der Waals surface area contributed by atoms with Crippen LogP contribution >= 0.6 is 11.6 Å². The van der Waals surface area contributed by atoms with E-state index in [9.17, 15) is 9.59 Å². The summed E-state index contributed by atoms with van der Waals surface area (Å²) in [6.45, 7) is 6.52. The molecule has 2 amide bonds. The van der Waals surface area contributed by atoms with Crippen molar-refractivity contribution in [2.24, 2.45) is 5.92 Å². The van der Waals surface area contributed by atoms with Crippen molar-refractivity contribution in [3.8, 4) is 0 Å². The van der Waals surface area contributed by atoms with Gasteiger partial charge in [0.2, 0.25) is 0 Å². The molecule has 0 unspecified atom stereocenters. The molecular weight excluding hydrogens is 398 g/mol. The highest BCUT2D eigenvalue weighted by atomic mass is 35.5. The second-order valence-corrected chi connectivity index (χ2v) is 8.42. The third-order valence-electron chi connectivity index (χ3n) is 5.71. The number of rotatable bonds is 7. The molecule has 0 spiro atoms. The Morgan fingerprint density at radius 3 is 2.53 bits per heavy atom. The van der Waals surface area contributed by atoms with Crippen molar-refractivity contribution >= 4 is 29.1 Å². The summed E-state index contributed by atoms with van der Waals surface area (Å²) in [5, 5.41) is 6.72. The quantitative estimate of drug-likeness (QED) is 0.683. The Balaban J connectivity index is 1.58. The second kappa shape index (κ2) is 10.5. The number of hydrogen-bond acceptors (Lipinski definition) is 3. The minimum atomic E-state index is -0.0965. The number of benzene rings is 2. The van der Waals surface area contributed by atoms with Crippen molar-refractivity contribution in [2.45, 2.75) is 39.2 Å².